The average molecular weight is 281 g/mol. The number of carbonyl (C=O) groups is 1. The lowest BCUT2D eigenvalue weighted by molar-refractivity contribution is -0.381. The summed E-state index contributed by atoms with van der Waals surface area (Å²) < 4.78 is 5.31. The van der Waals surface area contributed by atoms with Crippen molar-refractivity contribution in [1.29, 1.82) is 0 Å². The van der Waals surface area contributed by atoms with Crippen molar-refractivity contribution >= 4 is 33.2 Å². The predicted octanol–water partition coefficient (Wildman–Crippen LogP) is 3.83. The number of non-ortho nitro benzene ring substituents is 1. The molecule has 5 heteroatoms. The molecule has 104 valence electrons. The molecule has 5 nitrogen and oxygen atoms in total. The Morgan fingerprint density at radius 2 is 1.38 bits per heavy atom. The highest BCUT2D eigenvalue weighted by atomic mass is 16.6. The molecule has 0 bridgehead atoms. The number of ether oxygens (including phenoxy) is 1. The maximum absolute atomic E-state index is 11.5. The van der Waals surface area contributed by atoms with Crippen LogP contribution in [0.3, 0.4) is 0 Å². The van der Waals surface area contributed by atoms with Crippen molar-refractivity contribution in [2.75, 3.05) is 0 Å². The highest BCUT2D eigenvalue weighted by molar-refractivity contribution is 6.13. The van der Waals surface area contributed by atoms with Gasteiger partial charge in [-0.25, -0.2) is 0 Å². The molecule has 0 atom stereocenters. The first-order valence-electron chi connectivity index (χ1n) is 6.36. The van der Waals surface area contributed by atoms with Crippen molar-refractivity contribution in [3.8, 4) is 5.75 Å². The fraction of sp³-hybridized carbons (Fsp3) is 0.0625. The first-order valence-corrected chi connectivity index (χ1v) is 6.36. The van der Waals surface area contributed by atoms with Gasteiger partial charge >= 0.3 is 5.97 Å². The molecule has 0 saturated carbocycles. The Morgan fingerprint density at radius 1 is 0.952 bits per heavy atom. The Balaban J connectivity index is 2.57. The van der Waals surface area contributed by atoms with E-state index >= 15 is 0 Å². The molecule has 0 fully saturated rings. The standard InChI is InChI=1S/C16H11NO4/c1-10(18)21-16-13-8-4-2-6-11(13)15(17(19)20)12-7-3-5-9-14(12)16/h2-9H,1H3. The van der Waals surface area contributed by atoms with Crippen LogP contribution in [0.15, 0.2) is 48.5 Å². The Kier molecular flexibility index (Phi) is 3.02. The summed E-state index contributed by atoms with van der Waals surface area (Å²) >= 11 is 0. The SMILES string of the molecule is CC(=O)Oc1c2ccccc2c([N+](=O)[O-])c2ccccc12. The first kappa shape index (κ1) is 13.1. The van der Waals surface area contributed by atoms with E-state index < -0.39 is 10.9 Å². The fourth-order valence-corrected chi connectivity index (χ4v) is 2.52. The van der Waals surface area contributed by atoms with Crippen LogP contribution in [0.4, 0.5) is 5.69 Å². The van der Waals surface area contributed by atoms with Crippen molar-refractivity contribution in [3.05, 3.63) is 58.6 Å². The van der Waals surface area contributed by atoms with Gasteiger partial charge in [0.2, 0.25) is 0 Å². The molecule has 3 aromatic carbocycles. The van der Waals surface area contributed by atoms with Crippen LogP contribution in [-0.2, 0) is 4.79 Å². The maximum Gasteiger partial charge on any atom is 0.308 e. The third-order valence-corrected chi connectivity index (χ3v) is 3.28. The number of benzene rings is 3. The van der Waals surface area contributed by atoms with Gasteiger partial charge in [-0.1, -0.05) is 36.4 Å². The molecule has 21 heavy (non-hydrogen) atoms. The van der Waals surface area contributed by atoms with Crippen molar-refractivity contribution < 1.29 is 14.5 Å². The van der Waals surface area contributed by atoms with E-state index in [0.717, 1.165) is 0 Å². The number of nitrogens with zero attached hydrogens (tertiary/aromatic N) is 1. The van der Waals surface area contributed by atoms with Crippen LogP contribution in [0.25, 0.3) is 21.5 Å². The molecule has 0 aromatic heterocycles. The summed E-state index contributed by atoms with van der Waals surface area (Å²) in [4.78, 5) is 22.4. The second-order valence-electron chi connectivity index (χ2n) is 4.62. The van der Waals surface area contributed by atoms with Gasteiger partial charge < -0.3 is 4.74 Å². The summed E-state index contributed by atoms with van der Waals surface area (Å²) in [5.41, 5.74) is 0.0251. The molecule has 3 aromatic rings. The van der Waals surface area contributed by atoms with E-state index in [1.165, 1.54) is 6.92 Å². The molecule has 0 unspecified atom stereocenters. The molecular formula is C16H11NO4. The van der Waals surface area contributed by atoms with Crippen LogP contribution >= 0.6 is 0 Å². The van der Waals surface area contributed by atoms with E-state index in [1.54, 1.807) is 48.5 Å². The number of hydrogen-bond acceptors (Lipinski definition) is 4. The van der Waals surface area contributed by atoms with Crippen LogP contribution in [0, 0.1) is 10.1 Å². The monoisotopic (exact) mass is 281 g/mol. The van der Waals surface area contributed by atoms with E-state index in [1.807, 2.05) is 0 Å². The molecule has 0 heterocycles. The highest BCUT2D eigenvalue weighted by Gasteiger charge is 2.22. The van der Waals surface area contributed by atoms with Gasteiger partial charge in [-0.2, -0.15) is 0 Å². The van der Waals surface area contributed by atoms with Crippen LogP contribution in [0.2, 0.25) is 0 Å². The molecular weight excluding hydrogens is 270 g/mol. The van der Waals surface area contributed by atoms with Gasteiger partial charge in [-0.3, -0.25) is 14.9 Å². The normalized spacial score (nSPS) is 10.7. The first-order chi connectivity index (χ1) is 10.1. The van der Waals surface area contributed by atoms with Crippen molar-refractivity contribution in [2.24, 2.45) is 0 Å². The maximum atomic E-state index is 11.5. The summed E-state index contributed by atoms with van der Waals surface area (Å²) in [7, 11) is 0. The zero-order chi connectivity index (χ0) is 15.0. The van der Waals surface area contributed by atoms with Gasteiger partial charge in [0.1, 0.15) is 5.75 Å². The number of rotatable bonds is 2. The molecule has 0 spiro atoms. The quantitative estimate of drug-likeness (QED) is 0.235. The zero-order valence-corrected chi connectivity index (χ0v) is 11.2. The van der Waals surface area contributed by atoms with E-state index in [9.17, 15) is 14.9 Å². The van der Waals surface area contributed by atoms with E-state index in [2.05, 4.69) is 0 Å². The van der Waals surface area contributed by atoms with E-state index in [0.29, 0.717) is 27.3 Å². The van der Waals surface area contributed by atoms with Crippen LogP contribution in [0.1, 0.15) is 6.92 Å². The summed E-state index contributed by atoms with van der Waals surface area (Å²) in [5.74, 6) is -0.0986. The predicted molar refractivity (Wildman–Crippen MR) is 79.4 cm³/mol. The van der Waals surface area contributed by atoms with Gasteiger partial charge in [0.15, 0.2) is 0 Å². The molecule has 0 aliphatic heterocycles. The van der Waals surface area contributed by atoms with Crippen LogP contribution in [0.5, 0.6) is 5.75 Å². The third-order valence-electron chi connectivity index (χ3n) is 3.28. The number of hydrogen-bond donors (Lipinski definition) is 0. The number of carbonyl (C=O) groups excluding carboxylic acids is 1. The summed E-state index contributed by atoms with van der Waals surface area (Å²) in [6, 6.07) is 13.7. The smallest absolute Gasteiger partial charge is 0.308 e. The lowest BCUT2D eigenvalue weighted by Crippen LogP contribution is -2.03. The van der Waals surface area contributed by atoms with E-state index in [-0.39, 0.29) is 5.69 Å². The number of esters is 1. The lowest BCUT2D eigenvalue weighted by atomic mass is 9.99. The van der Waals surface area contributed by atoms with Crippen molar-refractivity contribution in [1.82, 2.24) is 0 Å². The second kappa shape index (κ2) is 4.86. The highest BCUT2D eigenvalue weighted by Crippen LogP contribution is 2.42. The van der Waals surface area contributed by atoms with Crippen molar-refractivity contribution in [2.45, 2.75) is 6.92 Å². The Morgan fingerprint density at radius 3 is 1.76 bits per heavy atom. The topological polar surface area (TPSA) is 69.4 Å². The lowest BCUT2D eigenvalue weighted by Gasteiger charge is -2.11. The van der Waals surface area contributed by atoms with Crippen molar-refractivity contribution in [3.63, 3.8) is 0 Å². The van der Waals surface area contributed by atoms with Crippen LogP contribution in [-0.4, -0.2) is 10.9 Å². The van der Waals surface area contributed by atoms with Gasteiger partial charge in [0.25, 0.3) is 5.69 Å². The summed E-state index contributed by atoms with van der Waals surface area (Å²) in [5, 5.41) is 13.5. The Hall–Kier alpha value is -2.95. The zero-order valence-electron chi connectivity index (χ0n) is 11.2. The molecule has 3 rings (SSSR count). The molecule has 0 radical (unpaired) electrons. The summed E-state index contributed by atoms with van der Waals surface area (Å²) in [6.07, 6.45) is 0. The van der Waals surface area contributed by atoms with Gasteiger partial charge in [-0.05, 0) is 12.1 Å². The summed E-state index contributed by atoms with van der Waals surface area (Å²) in [6.45, 7) is 1.31. The minimum absolute atomic E-state index is 0.0251. The molecule has 0 N–H and O–H groups in total. The Bertz CT molecular complexity index is 829. The number of fused-ring (bicyclic) bond motifs is 2. The Labute approximate surface area is 119 Å². The van der Waals surface area contributed by atoms with Crippen LogP contribution < -0.4 is 4.74 Å². The largest absolute Gasteiger partial charge is 0.425 e. The van der Waals surface area contributed by atoms with Gasteiger partial charge in [-0.15, -0.1) is 0 Å². The molecule has 0 saturated heterocycles. The van der Waals surface area contributed by atoms with E-state index in [4.69, 9.17) is 4.74 Å². The molecule has 0 aliphatic carbocycles. The number of nitro groups is 1. The fourth-order valence-electron chi connectivity index (χ4n) is 2.52. The molecule has 0 aliphatic rings. The minimum Gasteiger partial charge on any atom is -0.425 e. The number of nitro benzene ring substituents is 1. The second-order valence-corrected chi connectivity index (χ2v) is 4.62. The third kappa shape index (κ3) is 2.08. The van der Waals surface area contributed by atoms with Gasteiger partial charge in [0, 0.05) is 17.7 Å². The molecule has 0 amide bonds. The van der Waals surface area contributed by atoms with Gasteiger partial charge in [0.05, 0.1) is 15.7 Å². The minimum atomic E-state index is -0.459. The average Bonchev–Trinajstić information content (AvgIpc) is 2.46.